The first-order valence-corrected chi connectivity index (χ1v) is 10.7. The van der Waals surface area contributed by atoms with E-state index >= 15 is 0 Å². The van der Waals surface area contributed by atoms with Crippen molar-refractivity contribution in [1.29, 1.82) is 0 Å². The molecule has 0 aromatic rings. The van der Waals surface area contributed by atoms with E-state index in [9.17, 15) is 24.6 Å². The van der Waals surface area contributed by atoms with Crippen LogP contribution in [0.15, 0.2) is 11.8 Å². The summed E-state index contributed by atoms with van der Waals surface area (Å²) in [4.78, 5) is 35.8. The van der Waals surface area contributed by atoms with Gasteiger partial charge in [-0.25, -0.2) is 0 Å². The highest BCUT2D eigenvalue weighted by molar-refractivity contribution is 5.70. The van der Waals surface area contributed by atoms with Gasteiger partial charge in [0.2, 0.25) is 6.29 Å². The molecule has 176 valence electrons. The molecule has 1 fully saturated rings. The fourth-order valence-electron chi connectivity index (χ4n) is 4.15. The van der Waals surface area contributed by atoms with E-state index in [1.807, 2.05) is 27.7 Å². The van der Waals surface area contributed by atoms with Gasteiger partial charge in [-0.15, -0.1) is 0 Å². The molecule has 0 saturated heterocycles. The van der Waals surface area contributed by atoms with Gasteiger partial charge in [-0.3, -0.25) is 14.4 Å². The highest BCUT2D eigenvalue weighted by Gasteiger charge is 2.62. The number of esters is 3. The number of hydrogen-bond donors (Lipinski definition) is 2. The second-order valence-corrected chi connectivity index (χ2v) is 9.16. The topological polar surface area (TPSA) is 129 Å². The third-order valence-corrected chi connectivity index (χ3v) is 5.52. The zero-order valence-electron chi connectivity index (χ0n) is 18.8. The first-order valence-electron chi connectivity index (χ1n) is 10.7. The normalized spacial score (nSPS) is 29.8. The number of aliphatic hydroxyl groups excluding tert-OH is 1. The smallest absolute Gasteiger partial charge is 0.309 e. The van der Waals surface area contributed by atoms with Gasteiger partial charge in [0.1, 0.15) is 18.3 Å². The average Bonchev–Trinajstić information content (AvgIpc) is 2.93. The summed E-state index contributed by atoms with van der Waals surface area (Å²) in [5.74, 6) is -2.67. The minimum atomic E-state index is -1.89. The van der Waals surface area contributed by atoms with E-state index in [1.54, 1.807) is 0 Å². The van der Waals surface area contributed by atoms with Crippen molar-refractivity contribution in [3.05, 3.63) is 11.8 Å². The Kier molecular flexibility index (Phi) is 8.48. The molecule has 2 rings (SSSR count). The number of ether oxygens (including phenoxy) is 4. The van der Waals surface area contributed by atoms with E-state index in [4.69, 9.17) is 18.9 Å². The first kappa shape index (κ1) is 25.1. The number of fused-ring (bicyclic) bond motifs is 1. The molecule has 0 aromatic heterocycles. The molecule has 0 spiro atoms. The maximum Gasteiger partial charge on any atom is 0.309 e. The molecule has 1 saturated carbocycles. The molecular formula is C22H34O9. The van der Waals surface area contributed by atoms with Crippen LogP contribution in [0.25, 0.3) is 0 Å². The van der Waals surface area contributed by atoms with Crippen LogP contribution in [0, 0.1) is 23.7 Å². The van der Waals surface area contributed by atoms with Crippen LogP contribution in [0.1, 0.15) is 53.9 Å². The molecule has 0 radical (unpaired) electrons. The Bertz CT molecular complexity index is 699. The lowest BCUT2D eigenvalue weighted by molar-refractivity contribution is -0.222. The van der Waals surface area contributed by atoms with Gasteiger partial charge in [0.15, 0.2) is 0 Å². The molecule has 0 amide bonds. The van der Waals surface area contributed by atoms with Crippen molar-refractivity contribution < 1.29 is 43.5 Å². The lowest BCUT2D eigenvalue weighted by atomic mass is 9.80. The number of carbonyl (C=O) groups excluding carboxylic acids is 3. The lowest BCUT2D eigenvalue weighted by Gasteiger charge is -2.40. The Balaban J connectivity index is 2.27. The molecule has 31 heavy (non-hydrogen) atoms. The second-order valence-electron chi connectivity index (χ2n) is 9.16. The Labute approximate surface area is 182 Å². The Morgan fingerprint density at radius 2 is 1.74 bits per heavy atom. The van der Waals surface area contributed by atoms with Gasteiger partial charge in [-0.1, -0.05) is 27.7 Å². The van der Waals surface area contributed by atoms with Crippen molar-refractivity contribution >= 4 is 17.9 Å². The van der Waals surface area contributed by atoms with Crippen LogP contribution < -0.4 is 0 Å². The number of aliphatic hydroxyl groups is 2. The fourth-order valence-corrected chi connectivity index (χ4v) is 4.15. The third-order valence-electron chi connectivity index (χ3n) is 5.52. The largest absolute Gasteiger partial charge is 0.462 e. The molecule has 0 bridgehead atoms. The molecule has 9 nitrogen and oxygen atoms in total. The van der Waals surface area contributed by atoms with E-state index < -0.39 is 48.4 Å². The minimum absolute atomic E-state index is 0.0625. The lowest BCUT2D eigenvalue weighted by Crippen LogP contribution is -2.54. The van der Waals surface area contributed by atoms with Gasteiger partial charge in [0.05, 0.1) is 18.8 Å². The van der Waals surface area contributed by atoms with E-state index in [1.165, 1.54) is 13.2 Å². The molecule has 1 aliphatic carbocycles. The molecule has 5 atom stereocenters. The monoisotopic (exact) mass is 442 g/mol. The molecule has 1 unspecified atom stereocenters. The molecule has 0 aromatic carbocycles. The number of carbonyl (C=O) groups is 3. The van der Waals surface area contributed by atoms with E-state index in [-0.39, 0.29) is 43.7 Å². The van der Waals surface area contributed by atoms with E-state index in [0.29, 0.717) is 5.57 Å². The van der Waals surface area contributed by atoms with Crippen LogP contribution in [0.5, 0.6) is 0 Å². The summed E-state index contributed by atoms with van der Waals surface area (Å²) < 4.78 is 21.7. The van der Waals surface area contributed by atoms with Crippen molar-refractivity contribution in [1.82, 2.24) is 0 Å². The zero-order valence-corrected chi connectivity index (χ0v) is 18.8. The highest BCUT2D eigenvalue weighted by atomic mass is 16.7. The Morgan fingerprint density at radius 3 is 2.29 bits per heavy atom. The van der Waals surface area contributed by atoms with Crippen LogP contribution in [0.2, 0.25) is 0 Å². The molecule has 2 aliphatic rings. The van der Waals surface area contributed by atoms with Gasteiger partial charge in [0, 0.05) is 31.3 Å². The van der Waals surface area contributed by atoms with E-state index in [2.05, 4.69) is 0 Å². The maximum absolute atomic E-state index is 12.2. The highest BCUT2D eigenvalue weighted by Crippen LogP contribution is 2.50. The van der Waals surface area contributed by atoms with Crippen LogP contribution in [-0.4, -0.2) is 59.3 Å². The molecule has 9 heteroatoms. The summed E-state index contributed by atoms with van der Waals surface area (Å²) in [5, 5.41) is 21.3. The molecular weight excluding hydrogens is 408 g/mol. The van der Waals surface area contributed by atoms with Crippen LogP contribution in [-0.2, 0) is 33.3 Å². The zero-order chi connectivity index (χ0) is 23.3. The van der Waals surface area contributed by atoms with Gasteiger partial charge in [-0.2, -0.15) is 0 Å². The fraction of sp³-hybridized carbons (Fsp3) is 0.773. The summed E-state index contributed by atoms with van der Waals surface area (Å²) in [6.45, 7) is 7.94. The predicted octanol–water partition coefficient (Wildman–Crippen LogP) is 1.70. The Morgan fingerprint density at radius 1 is 1.13 bits per heavy atom. The molecule has 2 N–H and O–H groups in total. The number of hydrogen-bond acceptors (Lipinski definition) is 9. The minimum Gasteiger partial charge on any atom is -0.462 e. The SMILES string of the molecule is CC(=O)O[C@H]1CC2C(COC(=O)CC(C)C)=CO[C@@H](OC(=O)CC(C)C)[C@@H]2[C@@]1(O)CO. The number of rotatable bonds is 9. The third kappa shape index (κ3) is 6.20. The van der Waals surface area contributed by atoms with Crippen molar-refractivity contribution in [3.63, 3.8) is 0 Å². The van der Waals surface area contributed by atoms with Gasteiger partial charge in [0.25, 0.3) is 0 Å². The van der Waals surface area contributed by atoms with Crippen LogP contribution >= 0.6 is 0 Å². The summed E-state index contributed by atoms with van der Waals surface area (Å²) in [7, 11) is 0. The molecule has 1 aliphatic heterocycles. The summed E-state index contributed by atoms with van der Waals surface area (Å²) in [5.41, 5.74) is -1.33. The standard InChI is InChI=1S/C22H34O9/c1-12(2)6-18(25)28-9-15-10-29-21(31-19(26)7-13(3)4)20-16(15)8-17(30-14(5)24)22(20,27)11-23/h10,12-13,16-17,20-21,23,27H,6-9,11H2,1-5H3/t16?,17-,20+,21-,22+/m0/s1. The van der Waals surface area contributed by atoms with Gasteiger partial charge in [-0.05, 0) is 18.3 Å². The maximum atomic E-state index is 12.2. The van der Waals surface area contributed by atoms with Gasteiger partial charge < -0.3 is 29.2 Å². The first-order chi connectivity index (χ1) is 14.5. The molecule has 1 heterocycles. The van der Waals surface area contributed by atoms with Crippen molar-refractivity contribution in [3.8, 4) is 0 Å². The summed E-state index contributed by atoms with van der Waals surface area (Å²) >= 11 is 0. The summed E-state index contributed by atoms with van der Waals surface area (Å²) in [6.07, 6.45) is -0.265. The van der Waals surface area contributed by atoms with Crippen LogP contribution in [0.4, 0.5) is 0 Å². The van der Waals surface area contributed by atoms with E-state index in [0.717, 1.165) is 0 Å². The Hall–Kier alpha value is -2.13. The average molecular weight is 443 g/mol. The van der Waals surface area contributed by atoms with Gasteiger partial charge >= 0.3 is 17.9 Å². The van der Waals surface area contributed by atoms with Crippen LogP contribution in [0.3, 0.4) is 0 Å². The quantitative estimate of drug-likeness (QED) is 0.405. The van der Waals surface area contributed by atoms with Crippen molar-refractivity contribution in [2.24, 2.45) is 23.7 Å². The second kappa shape index (κ2) is 10.5. The summed E-state index contributed by atoms with van der Waals surface area (Å²) in [6, 6.07) is 0. The predicted molar refractivity (Wildman–Crippen MR) is 108 cm³/mol. The van der Waals surface area contributed by atoms with Crippen molar-refractivity contribution in [2.45, 2.75) is 71.9 Å². The van der Waals surface area contributed by atoms with Crippen molar-refractivity contribution in [2.75, 3.05) is 13.2 Å².